The maximum absolute atomic E-state index is 12.3. The first-order valence-electron chi connectivity index (χ1n) is 8.24. The molecule has 0 heterocycles. The molecule has 7 heteroatoms. The van der Waals surface area contributed by atoms with Crippen molar-refractivity contribution in [1.82, 2.24) is 0 Å². The highest BCUT2D eigenvalue weighted by Crippen LogP contribution is 2.16. The van der Waals surface area contributed by atoms with Crippen molar-refractivity contribution in [3.05, 3.63) is 94.5 Å². The Morgan fingerprint density at radius 2 is 1.18 bits per heavy atom. The van der Waals surface area contributed by atoms with Gasteiger partial charge in [0, 0.05) is 27.5 Å². The van der Waals surface area contributed by atoms with Gasteiger partial charge >= 0.3 is 5.97 Å². The Bertz CT molecular complexity index is 1030. The minimum Gasteiger partial charge on any atom is -0.478 e. The molecule has 28 heavy (non-hydrogen) atoms. The van der Waals surface area contributed by atoms with Gasteiger partial charge in [-0.1, -0.05) is 17.7 Å². The van der Waals surface area contributed by atoms with Crippen LogP contribution in [-0.4, -0.2) is 22.9 Å². The molecule has 0 saturated heterocycles. The lowest BCUT2D eigenvalue weighted by molar-refractivity contribution is 0.0696. The number of halogens is 1. The molecule has 0 aliphatic rings. The smallest absolute Gasteiger partial charge is 0.335 e. The zero-order chi connectivity index (χ0) is 20.1. The van der Waals surface area contributed by atoms with Gasteiger partial charge in [-0.2, -0.15) is 0 Å². The number of benzene rings is 3. The molecule has 0 aliphatic heterocycles. The van der Waals surface area contributed by atoms with E-state index in [4.69, 9.17) is 16.7 Å². The Morgan fingerprint density at radius 1 is 0.679 bits per heavy atom. The minimum absolute atomic E-state index is 0.137. The summed E-state index contributed by atoms with van der Waals surface area (Å²) in [5.74, 6) is -1.69. The number of hydrogen-bond donors (Lipinski definition) is 3. The predicted octanol–water partition coefficient (Wildman–Crippen LogP) is 4.54. The van der Waals surface area contributed by atoms with Gasteiger partial charge in [-0.15, -0.1) is 0 Å². The average Bonchev–Trinajstić information content (AvgIpc) is 2.69. The highest BCUT2D eigenvalue weighted by Gasteiger charge is 2.10. The van der Waals surface area contributed by atoms with Crippen LogP contribution in [0.4, 0.5) is 11.4 Å². The van der Waals surface area contributed by atoms with Gasteiger partial charge in [-0.3, -0.25) is 9.59 Å². The van der Waals surface area contributed by atoms with E-state index in [-0.39, 0.29) is 17.4 Å². The van der Waals surface area contributed by atoms with Crippen LogP contribution in [0.25, 0.3) is 0 Å². The van der Waals surface area contributed by atoms with Crippen LogP contribution in [0.2, 0.25) is 5.02 Å². The first kappa shape index (κ1) is 19.1. The van der Waals surface area contributed by atoms with Crippen molar-refractivity contribution in [3.63, 3.8) is 0 Å². The molecule has 0 saturated carbocycles. The van der Waals surface area contributed by atoms with Gasteiger partial charge in [0.2, 0.25) is 0 Å². The maximum atomic E-state index is 12.3. The van der Waals surface area contributed by atoms with Crippen LogP contribution in [0.15, 0.2) is 72.8 Å². The zero-order valence-electron chi connectivity index (χ0n) is 14.5. The highest BCUT2D eigenvalue weighted by atomic mass is 35.5. The predicted molar refractivity (Wildman–Crippen MR) is 107 cm³/mol. The normalized spacial score (nSPS) is 10.2. The van der Waals surface area contributed by atoms with Gasteiger partial charge in [-0.25, -0.2) is 4.79 Å². The average molecular weight is 395 g/mol. The number of aromatic carboxylic acids is 1. The van der Waals surface area contributed by atoms with Crippen LogP contribution in [0.1, 0.15) is 31.1 Å². The topological polar surface area (TPSA) is 95.5 Å². The molecule has 0 fully saturated rings. The first-order chi connectivity index (χ1) is 13.4. The van der Waals surface area contributed by atoms with Gasteiger partial charge in [0.05, 0.1) is 5.56 Å². The van der Waals surface area contributed by atoms with Crippen LogP contribution in [0, 0.1) is 0 Å². The monoisotopic (exact) mass is 394 g/mol. The van der Waals surface area contributed by atoms with E-state index in [1.165, 1.54) is 24.3 Å². The summed E-state index contributed by atoms with van der Waals surface area (Å²) in [6, 6.07) is 18.8. The molecule has 0 unspecified atom stereocenters. The Morgan fingerprint density at radius 3 is 1.68 bits per heavy atom. The molecule has 6 nitrogen and oxygen atoms in total. The van der Waals surface area contributed by atoms with Crippen molar-refractivity contribution < 1.29 is 19.5 Å². The maximum Gasteiger partial charge on any atom is 0.335 e. The SMILES string of the molecule is O=C(O)c1ccc(NC(=O)c2ccc(NC(=O)c3cccc(Cl)c3)cc2)cc1. The van der Waals surface area contributed by atoms with E-state index in [0.717, 1.165) is 0 Å². The van der Waals surface area contributed by atoms with Crippen molar-refractivity contribution in [1.29, 1.82) is 0 Å². The van der Waals surface area contributed by atoms with Crippen LogP contribution >= 0.6 is 11.6 Å². The fraction of sp³-hybridized carbons (Fsp3) is 0. The molecule has 3 aromatic carbocycles. The van der Waals surface area contributed by atoms with Gasteiger partial charge < -0.3 is 15.7 Å². The third-order valence-corrected chi connectivity index (χ3v) is 4.12. The van der Waals surface area contributed by atoms with Gasteiger partial charge in [0.15, 0.2) is 0 Å². The van der Waals surface area contributed by atoms with E-state index >= 15 is 0 Å². The van der Waals surface area contributed by atoms with Crippen LogP contribution < -0.4 is 10.6 Å². The molecule has 3 aromatic rings. The molecule has 3 N–H and O–H groups in total. The summed E-state index contributed by atoms with van der Waals surface area (Å²) in [7, 11) is 0. The number of anilines is 2. The van der Waals surface area contributed by atoms with E-state index in [0.29, 0.717) is 27.5 Å². The summed E-state index contributed by atoms with van der Waals surface area (Å²) in [5, 5.41) is 14.8. The second kappa shape index (κ2) is 8.37. The third-order valence-electron chi connectivity index (χ3n) is 3.88. The number of carboxylic acids is 1. The quantitative estimate of drug-likeness (QED) is 0.591. The van der Waals surface area contributed by atoms with Crippen LogP contribution in [-0.2, 0) is 0 Å². The molecule has 3 rings (SSSR count). The summed E-state index contributed by atoms with van der Waals surface area (Å²) in [6.45, 7) is 0. The largest absolute Gasteiger partial charge is 0.478 e. The van der Waals surface area contributed by atoms with Crippen molar-refractivity contribution in [3.8, 4) is 0 Å². The van der Waals surface area contributed by atoms with Crippen molar-refractivity contribution in [2.75, 3.05) is 10.6 Å². The summed E-state index contributed by atoms with van der Waals surface area (Å²) < 4.78 is 0. The Labute approximate surface area is 165 Å². The number of carbonyl (C=O) groups is 3. The third kappa shape index (κ3) is 4.75. The van der Waals surface area contributed by atoms with Crippen molar-refractivity contribution in [2.45, 2.75) is 0 Å². The fourth-order valence-corrected chi connectivity index (χ4v) is 2.63. The number of amides is 2. The molecular formula is C21H15ClN2O4. The Hall–Kier alpha value is -3.64. The van der Waals surface area contributed by atoms with Gasteiger partial charge in [-0.05, 0) is 66.7 Å². The fourth-order valence-electron chi connectivity index (χ4n) is 2.44. The summed E-state index contributed by atoms with van der Waals surface area (Å²) >= 11 is 5.88. The molecule has 0 aromatic heterocycles. The summed E-state index contributed by atoms with van der Waals surface area (Å²) in [6.07, 6.45) is 0. The molecule has 0 spiro atoms. The van der Waals surface area contributed by atoms with E-state index < -0.39 is 5.97 Å². The van der Waals surface area contributed by atoms with Crippen molar-refractivity contribution >= 4 is 40.8 Å². The van der Waals surface area contributed by atoms with Gasteiger partial charge in [0.1, 0.15) is 0 Å². The zero-order valence-corrected chi connectivity index (χ0v) is 15.2. The summed E-state index contributed by atoms with van der Waals surface area (Å²) in [5.41, 5.74) is 1.97. The van der Waals surface area contributed by atoms with Crippen LogP contribution in [0.3, 0.4) is 0 Å². The molecule has 0 bridgehead atoms. The molecule has 0 aliphatic carbocycles. The van der Waals surface area contributed by atoms with E-state index in [2.05, 4.69) is 10.6 Å². The first-order valence-corrected chi connectivity index (χ1v) is 8.62. The lowest BCUT2D eigenvalue weighted by Gasteiger charge is -2.08. The number of carbonyl (C=O) groups excluding carboxylic acids is 2. The van der Waals surface area contributed by atoms with Gasteiger partial charge in [0.25, 0.3) is 11.8 Å². The number of hydrogen-bond acceptors (Lipinski definition) is 3. The molecular weight excluding hydrogens is 380 g/mol. The van der Waals surface area contributed by atoms with E-state index in [1.807, 2.05) is 0 Å². The summed E-state index contributed by atoms with van der Waals surface area (Å²) in [4.78, 5) is 35.4. The van der Waals surface area contributed by atoms with E-state index in [9.17, 15) is 14.4 Å². The van der Waals surface area contributed by atoms with Crippen molar-refractivity contribution in [2.24, 2.45) is 0 Å². The van der Waals surface area contributed by atoms with Crippen LogP contribution in [0.5, 0.6) is 0 Å². The standard InChI is InChI=1S/C21H15ClN2O4/c22-16-3-1-2-15(12-16)20(26)24-17-8-4-13(5-9-17)19(25)23-18-10-6-14(7-11-18)21(27)28/h1-12H,(H,23,25)(H,24,26)(H,27,28). The Kier molecular flexibility index (Phi) is 5.72. The molecule has 140 valence electrons. The van der Waals surface area contributed by atoms with E-state index in [1.54, 1.807) is 48.5 Å². The second-order valence-corrected chi connectivity index (χ2v) is 6.31. The number of nitrogens with one attached hydrogen (secondary N) is 2. The Balaban J connectivity index is 1.64. The molecule has 0 radical (unpaired) electrons. The molecule has 0 atom stereocenters. The number of rotatable bonds is 5. The lowest BCUT2D eigenvalue weighted by atomic mass is 10.1. The highest BCUT2D eigenvalue weighted by molar-refractivity contribution is 6.31. The second-order valence-electron chi connectivity index (χ2n) is 5.88. The number of carboxylic acid groups (broad SMARTS) is 1. The lowest BCUT2D eigenvalue weighted by Crippen LogP contribution is -2.13. The minimum atomic E-state index is -1.03. The molecule has 2 amide bonds.